The highest BCUT2D eigenvalue weighted by Gasteiger charge is 2.23. The quantitative estimate of drug-likeness (QED) is 0.796. The highest BCUT2D eigenvalue weighted by atomic mass is 16.6. The van der Waals surface area contributed by atoms with Crippen LogP contribution in [0.1, 0.15) is 26.2 Å². The largest absolute Gasteiger partial charge is 0.376 e. The van der Waals surface area contributed by atoms with Gasteiger partial charge in [-0.15, -0.1) is 0 Å². The van der Waals surface area contributed by atoms with Crippen molar-refractivity contribution in [1.29, 1.82) is 0 Å². The van der Waals surface area contributed by atoms with E-state index in [0.29, 0.717) is 0 Å². The molecule has 2 saturated heterocycles. The van der Waals surface area contributed by atoms with Crippen LogP contribution in [0.3, 0.4) is 0 Å². The van der Waals surface area contributed by atoms with Crippen molar-refractivity contribution in [2.75, 3.05) is 46.0 Å². The van der Waals surface area contributed by atoms with Crippen LogP contribution in [0.25, 0.3) is 0 Å². The molecule has 2 rings (SSSR count). The lowest BCUT2D eigenvalue weighted by Gasteiger charge is -2.35. The highest BCUT2D eigenvalue weighted by Crippen LogP contribution is 2.20. The van der Waals surface area contributed by atoms with E-state index in [4.69, 9.17) is 9.47 Å². The van der Waals surface area contributed by atoms with E-state index in [1.54, 1.807) is 6.92 Å². The van der Waals surface area contributed by atoms with E-state index in [1.165, 1.54) is 12.8 Å². The third-order valence-electron chi connectivity index (χ3n) is 3.98. The first-order valence-corrected chi connectivity index (χ1v) is 7.40. The van der Waals surface area contributed by atoms with Crippen LogP contribution >= 0.6 is 0 Å². The van der Waals surface area contributed by atoms with Gasteiger partial charge >= 0.3 is 0 Å². The average molecular weight is 270 g/mol. The number of hydrogen-bond acceptors (Lipinski definition) is 4. The Kier molecular flexibility index (Phi) is 6.07. The molecule has 19 heavy (non-hydrogen) atoms. The van der Waals surface area contributed by atoms with Crippen molar-refractivity contribution in [2.45, 2.75) is 32.3 Å². The first-order valence-electron chi connectivity index (χ1n) is 7.40. The van der Waals surface area contributed by atoms with Crippen molar-refractivity contribution in [2.24, 2.45) is 5.92 Å². The number of carbonyl (C=O) groups is 1. The zero-order valence-corrected chi connectivity index (χ0v) is 11.9. The predicted molar refractivity (Wildman–Crippen MR) is 73.0 cm³/mol. The molecule has 2 aliphatic heterocycles. The number of rotatable bonds is 5. The van der Waals surface area contributed by atoms with Crippen molar-refractivity contribution in [3.8, 4) is 0 Å². The van der Waals surface area contributed by atoms with Crippen LogP contribution in [0, 0.1) is 5.92 Å². The first-order chi connectivity index (χ1) is 9.24. The summed E-state index contributed by atoms with van der Waals surface area (Å²) in [6.45, 7) is 7.89. The molecule has 0 bridgehead atoms. The topological polar surface area (TPSA) is 50.8 Å². The summed E-state index contributed by atoms with van der Waals surface area (Å²) >= 11 is 0. The molecule has 0 aromatic rings. The van der Waals surface area contributed by atoms with Crippen LogP contribution < -0.4 is 5.32 Å². The van der Waals surface area contributed by atoms with Gasteiger partial charge in [0.05, 0.1) is 25.9 Å². The maximum Gasteiger partial charge on any atom is 0.216 e. The van der Waals surface area contributed by atoms with Gasteiger partial charge in [-0.2, -0.15) is 0 Å². The smallest absolute Gasteiger partial charge is 0.216 e. The summed E-state index contributed by atoms with van der Waals surface area (Å²) in [6, 6.07) is 0. The van der Waals surface area contributed by atoms with Crippen molar-refractivity contribution in [3.63, 3.8) is 0 Å². The van der Waals surface area contributed by atoms with Crippen LogP contribution in [0.5, 0.6) is 0 Å². The summed E-state index contributed by atoms with van der Waals surface area (Å²) in [4.78, 5) is 13.3. The van der Waals surface area contributed by atoms with Gasteiger partial charge in [0.15, 0.2) is 0 Å². The lowest BCUT2D eigenvalue weighted by molar-refractivity contribution is -0.119. The second kappa shape index (κ2) is 7.82. The Bertz CT molecular complexity index is 272. The number of nitrogens with one attached hydrogen (secondary N) is 1. The minimum absolute atomic E-state index is 0.0758. The predicted octanol–water partition coefficient (Wildman–Crippen LogP) is 0.640. The van der Waals surface area contributed by atoms with E-state index in [0.717, 1.165) is 58.3 Å². The molecule has 0 aliphatic carbocycles. The molecule has 0 aromatic heterocycles. The van der Waals surface area contributed by atoms with Gasteiger partial charge in [-0.05, 0) is 38.3 Å². The van der Waals surface area contributed by atoms with Crippen molar-refractivity contribution >= 4 is 5.91 Å². The fraction of sp³-hybridized carbons (Fsp3) is 0.929. The van der Waals surface area contributed by atoms with E-state index in [-0.39, 0.29) is 12.0 Å². The summed E-state index contributed by atoms with van der Waals surface area (Å²) in [5.74, 6) is 0.832. The van der Waals surface area contributed by atoms with Crippen LogP contribution in [0.4, 0.5) is 0 Å². The highest BCUT2D eigenvalue weighted by molar-refractivity contribution is 5.72. The fourth-order valence-corrected chi connectivity index (χ4v) is 2.84. The Balaban J connectivity index is 1.58. The van der Waals surface area contributed by atoms with Crippen molar-refractivity contribution in [3.05, 3.63) is 0 Å². The third-order valence-corrected chi connectivity index (χ3v) is 3.98. The molecular formula is C14H26N2O3. The van der Waals surface area contributed by atoms with Crippen LogP contribution in [-0.2, 0) is 14.3 Å². The molecule has 0 radical (unpaired) electrons. The molecule has 5 heteroatoms. The summed E-state index contributed by atoms with van der Waals surface area (Å²) in [6.07, 6.45) is 3.82. The second-order valence-corrected chi connectivity index (χ2v) is 5.58. The molecular weight excluding hydrogens is 244 g/mol. The van der Waals surface area contributed by atoms with Gasteiger partial charge in [-0.3, -0.25) is 4.79 Å². The molecule has 1 amide bonds. The van der Waals surface area contributed by atoms with Gasteiger partial charge in [-0.1, -0.05) is 0 Å². The van der Waals surface area contributed by atoms with Gasteiger partial charge < -0.3 is 19.7 Å². The van der Waals surface area contributed by atoms with E-state index in [1.807, 2.05) is 0 Å². The van der Waals surface area contributed by atoms with Gasteiger partial charge in [0.1, 0.15) is 0 Å². The number of nitrogens with zero attached hydrogens (tertiary/aromatic N) is 1. The SMILES string of the molecule is CC(=O)NCCC1CCN(C[C@@H]2COCCO2)CC1. The Hall–Kier alpha value is -0.650. The normalized spacial score (nSPS) is 26.3. The lowest BCUT2D eigenvalue weighted by atomic mass is 9.93. The number of likely N-dealkylation sites (tertiary alicyclic amines) is 1. The summed E-state index contributed by atoms with van der Waals surface area (Å²) in [5, 5.41) is 2.88. The van der Waals surface area contributed by atoms with Crippen molar-refractivity contribution < 1.29 is 14.3 Å². The second-order valence-electron chi connectivity index (χ2n) is 5.58. The van der Waals surface area contributed by atoms with Crippen LogP contribution in [0.2, 0.25) is 0 Å². The molecule has 110 valence electrons. The Morgan fingerprint density at radius 3 is 2.74 bits per heavy atom. The summed E-state index contributed by atoms with van der Waals surface area (Å²) in [5.41, 5.74) is 0. The molecule has 0 spiro atoms. The Morgan fingerprint density at radius 1 is 1.32 bits per heavy atom. The Morgan fingerprint density at radius 2 is 2.11 bits per heavy atom. The minimum Gasteiger partial charge on any atom is -0.376 e. The number of piperidine rings is 1. The zero-order chi connectivity index (χ0) is 13.5. The number of ether oxygens (including phenoxy) is 2. The first kappa shape index (κ1) is 14.8. The monoisotopic (exact) mass is 270 g/mol. The average Bonchev–Trinajstić information content (AvgIpc) is 2.42. The molecule has 2 aliphatic rings. The Labute approximate surface area is 115 Å². The molecule has 2 heterocycles. The summed E-state index contributed by atoms with van der Waals surface area (Å²) < 4.78 is 11.1. The van der Waals surface area contributed by atoms with E-state index in [2.05, 4.69) is 10.2 Å². The number of amides is 1. The maximum absolute atomic E-state index is 10.8. The van der Waals surface area contributed by atoms with E-state index >= 15 is 0 Å². The molecule has 1 N–H and O–H groups in total. The molecule has 5 nitrogen and oxygen atoms in total. The van der Waals surface area contributed by atoms with Crippen molar-refractivity contribution in [1.82, 2.24) is 10.2 Å². The van der Waals surface area contributed by atoms with Gasteiger partial charge in [0, 0.05) is 20.0 Å². The maximum atomic E-state index is 10.8. The lowest BCUT2D eigenvalue weighted by Crippen LogP contribution is -2.43. The molecule has 0 aromatic carbocycles. The number of carbonyl (C=O) groups excluding carboxylic acids is 1. The third kappa shape index (κ3) is 5.47. The minimum atomic E-state index is 0.0758. The molecule has 2 fully saturated rings. The van der Waals surface area contributed by atoms with Gasteiger partial charge in [0.25, 0.3) is 0 Å². The van der Waals surface area contributed by atoms with Crippen LogP contribution in [-0.4, -0.2) is 62.9 Å². The standard InChI is InChI=1S/C14H26N2O3/c1-12(17)15-5-2-13-3-6-16(7-4-13)10-14-11-18-8-9-19-14/h13-14H,2-11H2,1H3,(H,15,17)/t14-/m1/s1. The van der Waals surface area contributed by atoms with E-state index < -0.39 is 0 Å². The molecule has 0 unspecified atom stereocenters. The molecule has 1 atom stereocenters. The molecule has 0 saturated carbocycles. The van der Waals surface area contributed by atoms with E-state index in [9.17, 15) is 4.79 Å². The van der Waals surface area contributed by atoms with Crippen LogP contribution in [0.15, 0.2) is 0 Å². The van der Waals surface area contributed by atoms with Gasteiger partial charge in [-0.25, -0.2) is 0 Å². The van der Waals surface area contributed by atoms with Gasteiger partial charge in [0.2, 0.25) is 5.91 Å². The number of hydrogen-bond donors (Lipinski definition) is 1. The summed E-state index contributed by atoms with van der Waals surface area (Å²) in [7, 11) is 0. The zero-order valence-electron chi connectivity index (χ0n) is 11.9. The fourth-order valence-electron chi connectivity index (χ4n) is 2.84.